The molecule has 1 aromatic heterocycles. The van der Waals surface area contributed by atoms with E-state index in [1.807, 2.05) is 0 Å². The maximum Gasteiger partial charge on any atom is 0.0558 e. The molecule has 1 N–H and O–H groups in total. The molecule has 0 aromatic carbocycles. The third-order valence-corrected chi connectivity index (χ3v) is 3.20. The lowest BCUT2D eigenvalue weighted by atomic mass is 10.3. The summed E-state index contributed by atoms with van der Waals surface area (Å²) < 4.78 is 5.52. The van der Waals surface area contributed by atoms with Gasteiger partial charge in [0.2, 0.25) is 0 Å². The van der Waals surface area contributed by atoms with Crippen LogP contribution in [0, 0.1) is 0 Å². The van der Waals surface area contributed by atoms with Gasteiger partial charge in [0, 0.05) is 26.2 Å². The van der Waals surface area contributed by atoms with Gasteiger partial charge in [0.25, 0.3) is 0 Å². The van der Waals surface area contributed by atoms with Gasteiger partial charge in [-0.2, -0.15) is 11.3 Å². The number of hydrogen-bond acceptors (Lipinski definition) is 4. The summed E-state index contributed by atoms with van der Waals surface area (Å²) in [4.78, 5) is 2.27. The molecule has 1 heterocycles. The number of aliphatic hydroxyl groups excluding tert-OH is 1. The first-order valence-corrected chi connectivity index (χ1v) is 7.12. The number of ether oxygens (including phenoxy) is 1. The van der Waals surface area contributed by atoms with Crippen LogP contribution in [-0.4, -0.2) is 42.4 Å². The highest BCUT2D eigenvalue weighted by Gasteiger charge is 2.05. The Hall–Kier alpha value is -0.420. The Morgan fingerprint density at radius 3 is 2.82 bits per heavy atom. The van der Waals surface area contributed by atoms with Gasteiger partial charge < -0.3 is 9.84 Å². The molecule has 0 aliphatic heterocycles. The Bertz CT molecular complexity index is 275. The molecule has 0 saturated carbocycles. The molecule has 0 fully saturated rings. The standard InChI is InChI=1S/C13H23NO2S/c1-12(2)16-8-3-5-14(6-7-15)10-13-4-9-17-11-13/h4,9,11-12,15H,3,5-8,10H2,1-2H3. The highest BCUT2D eigenvalue weighted by atomic mass is 32.1. The number of rotatable bonds is 9. The maximum atomic E-state index is 9.04. The van der Waals surface area contributed by atoms with Crippen LogP contribution in [0.4, 0.5) is 0 Å². The SMILES string of the molecule is CC(C)OCCCN(CCO)Cc1ccsc1. The summed E-state index contributed by atoms with van der Waals surface area (Å²) in [5, 5.41) is 13.3. The van der Waals surface area contributed by atoms with Gasteiger partial charge in [0.05, 0.1) is 12.7 Å². The van der Waals surface area contributed by atoms with Crippen molar-refractivity contribution in [3.05, 3.63) is 22.4 Å². The van der Waals surface area contributed by atoms with E-state index >= 15 is 0 Å². The molecule has 0 atom stereocenters. The first-order chi connectivity index (χ1) is 8.22. The van der Waals surface area contributed by atoms with Crippen LogP contribution in [0.1, 0.15) is 25.8 Å². The minimum Gasteiger partial charge on any atom is -0.395 e. The summed E-state index contributed by atoms with van der Waals surface area (Å²) in [5.41, 5.74) is 1.33. The number of aliphatic hydroxyl groups is 1. The topological polar surface area (TPSA) is 32.7 Å². The zero-order valence-corrected chi connectivity index (χ0v) is 11.6. The predicted molar refractivity (Wildman–Crippen MR) is 72.4 cm³/mol. The third kappa shape index (κ3) is 6.78. The lowest BCUT2D eigenvalue weighted by Crippen LogP contribution is -2.28. The molecule has 0 aliphatic rings. The quantitative estimate of drug-likeness (QED) is 0.689. The van der Waals surface area contributed by atoms with Crippen molar-refractivity contribution >= 4 is 11.3 Å². The van der Waals surface area contributed by atoms with E-state index in [1.54, 1.807) is 11.3 Å². The smallest absolute Gasteiger partial charge is 0.0558 e. The van der Waals surface area contributed by atoms with Crippen LogP contribution >= 0.6 is 11.3 Å². The summed E-state index contributed by atoms with van der Waals surface area (Å²) in [6.45, 7) is 7.75. The number of nitrogens with zero attached hydrogens (tertiary/aromatic N) is 1. The molecule has 0 unspecified atom stereocenters. The second-order valence-corrected chi connectivity index (χ2v) is 5.18. The lowest BCUT2D eigenvalue weighted by Gasteiger charge is -2.21. The van der Waals surface area contributed by atoms with Gasteiger partial charge in [-0.05, 0) is 42.7 Å². The Morgan fingerprint density at radius 2 is 2.24 bits per heavy atom. The zero-order valence-electron chi connectivity index (χ0n) is 10.8. The Labute approximate surface area is 108 Å². The van der Waals surface area contributed by atoms with Gasteiger partial charge in [-0.15, -0.1) is 0 Å². The van der Waals surface area contributed by atoms with E-state index in [-0.39, 0.29) is 6.61 Å². The van der Waals surface area contributed by atoms with Crippen LogP contribution in [0.15, 0.2) is 16.8 Å². The van der Waals surface area contributed by atoms with E-state index in [9.17, 15) is 0 Å². The van der Waals surface area contributed by atoms with Crippen molar-refractivity contribution in [1.29, 1.82) is 0 Å². The van der Waals surface area contributed by atoms with Crippen molar-refractivity contribution in [3.63, 3.8) is 0 Å². The summed E-state index contributed by atoms with van der Waals surface area (Å²) in [5.74, 6) is 0. The van der Waals surface area contributed by atoms with Crippen molar-refractivity contribution in [2.45, 2.75) is 32.9 Å². The molecule has 0 radical (unpaired) electrons. The fraction of sp³-hybridized carbons (Fsp3) is 0.692. The molecule has 3 nitrogen and oxygen atoms in total. The van der Waals surface area contributed by atoms with E-state index in [0.29, 0.717) is 6.10 Å². The average Bonchev–Trinajstić information content (AvgIpc) is 2.77. The van der Waals surface area contributed by atoms with E-state index in [4.69, 9.17) is 9.84 Å². The fourth-order valence-corrected chi connectivity index (χ4v) is 2.32. The highest BCUT2D eigenvalue weighted by molar-refractivity contribution is 7.07. The fourth-order valence-electron chi connectivity index (χ4n) is 1.66. The number of hydrogen-bond donors (Lipinski definition) is 1. The number of thiophene rings is 1. The van der Waals surface area contributed by atoms with Gasteiger partial charge in [0.15, 0.2) is 0 Å². The molecule has 0 amide bonds. The molecular weight excluding hydrogens is 234 g/mol. The van der Waals surface area contributed by atoms with Crippen LogP contribution in [0.2, 0.25) is 0 Å². The van der Waals surface area contributed by atoms with Crippen LogP contribution in [0.3, 0.4) is 0 Å². The molecule has 1 aromatic rings. The minimum atomic E-state index is 0.217. The van der Waals surface area contributed by atoms with Crippen molar-refractivity contribution in [3.8, 4) is 0 Å². The van der Waals surface area contributed by atoms with E-state index in [0.717, 1.165) is 32.7 Å². The Balaban J connectivity index is 2.23. The van der Waals surface area contributed by atoms with Gasteiger partial charge in [0.1, 0.15) is 0 Å². The predicted octanol–water partition coefficient (Wildman–Crippen LogP) is 2.36. The summed E-state index contributed by atoms with van der Waals surface area (Å²) >= 11 is 1.72. The maximum absolute atomic E-state index is 9.04. The normalized spacial score (nSPS) is 11.6. The molecule has 1 rings (SSSR count). The van der Waals surface area contributed by atoms with Crippen LogP contribution in [0.25, 0.3) is 0 Å². The van der Waals surface area contributed by atoms with Crippen molar-refractivity contribution in [2.24, 2.45) is 0 Å². The molecule has 0 spiro atoms. The second-order valence-electron chi connectivity index (χ2n) is 4.40. The molecule has 98 valence electrons. The molecule has 17 heavy (non-hydrogen) atoms. The molecule has 4 heteroatoms. The molecular formula is C13H23NO2S. The summed E-state index contributed by atoms with van der Waals surface area (Å²) in [6, 6.07) is 2.14. The largest absolute Gasteiger partial charge is 0.395 e. The molecule has 0 saturated heterocycles. The van der Waals surface area contributed by atoms with Gasteiger partial charge >= 0.3 is 0 Å². The average molecular weight is 257 g/mol. The van der Waals surface area contributed by atoms with Crippen molar-refractivity contribution < 1.29 is 9.84 Å². The third-order valence-electron chi connectivity index (χ3n) is 2.47. The van der Waals surface area contributed by atoms with E-state index in [2.05, 4.69) is 35.6 Å². The van der Waals surface area contributed by atoms with Gasteiger partial charge in [-0.3, -0.25) is 4.90 Å². The first-order valence-electron chi connectivity index (χ1n) is 6.18. The van der Waals surface area contributed by atoms with E-state index < -0.39 is 0 Å². The summed E-state index contributed by atoms with van der Waals surface area (Å²) in [7, 11) is 0. The Morgan fingerprint density at radius 1 is 1.41 bits per heavy atom. The monoisotopic (exact) mass is 257 g/mol. The zero-order chi connectivity index (χ0) is 12.5. The Kier molecular flexibility index (Phi) is 7.44. The minimum absolute atomic E-state index is 0.217. The van der Waals surface area contributed by atoms with Crippen LogP contribution in [0.5, 0.6) is 0 Å². The second kappa shape index (κ2) is 8.64. The van der Waals surface area contributed by atoms with Crippen molar-refractivity contribution in [1.82, 2.24) is 4.90 Å². The first kappa shape index (κ1) is 14.6. The van der Waals surface area contributed by atoms with Gasteiger partial charge in [-0.25, -0.2) is 0 Å². The van der Waals surface area contributed by atoms with Crippen LogP contribution < -0.4 is 0 Å². The van der Waals surface area contributed by atoms with Gasteiger partial charge in [-0.1, -0.05) is 0 Å². The van der Waals surface area contributed by atoms with E-state index in [1.165, 1.54) is 5.56 Å². The lowest BCUT2D eigenvalue weighted by molar-refractivity contribution is 0.0682. The summed E-state index contributed by atoms with van der Waals surface area (Å²) in [6.07, 6.45) is 1.32. The molecule has 0 aliphatic carbocycles. The highest BCUT2D eigenvalue weighted by Crippen LogP contribution is 2.09. The van der Waals surface area contributed by atoms with Crippen molar-refractivity contribution in [2.75, 3.05) is 26.3 Å². The molecule has 0 bridgehead atoms. The van der Waals surface area contributed by atoms with Crippen LogP contribution in [-0.2, 0) is 11.3 Å².